The first-order chi connectivity index (χ1) is 3.71. The third-order valence-corrected chi connectivity index (χ3v) is 1.91. The van der Waals surface area contributed by atoms with Gasteiger partial charge in [-0.15, -0.1) is 0 Å². The monoisotopic (exact) mass is 382 g/mol. The Balaban J connectivity index is -0.00000000352. The van der Waals surface area contributed by atoms with E-state index < -0.39 is 15.6 Å². The first-order valence-corrected chi connectivity index (χ1v) is 4.59. The molecule has 0 atom stereocenters. The SMILES string of the molecule is O.O.O.O.O.O.O=P(O)(O)OP(=O)(O)O.[H-].[H-].[H-].[H-].[Na+].[Na+].[Na+].[Na+]. The fourth-order valence-corrected chi connectivity index (χ4v) is 1.25. The Morgan fingerprint density at radius 2 is 0.684 bits per heavy atom. The standard InChI is InChI=1S/4Na.H4O7P2.6H2O.4H/c;;;;1-8(2,3)7-9(4,5)6;;;;;;;;;;/h;;;;(H2,1,2,3)(H2,4,5,6);6*1H2;;;;/q4*+1;;;;;;;;4*-1. The summed E-state index contributed by atoms with van der Waals surface area (Å²) >= 11 is 0. The van der Waals surface area contributed by atoms with Crippen LogP contribution in [-0.4, -0.2) is 52.4 Å². The van der Waals surface area contributed by atoms with Crippen LogP contribution in [0.3, 0.4) is 0 Å². The summed E-state index contributed by atoms with van der Waals surface area (Å²) in [4.78, 5) is 31.0. The zero-order valence-corrected chi connectivity index (χ0v) is 20.7. The molecule has 16 N–H and O–H groups in total. The summed E-state index contributed by atoms with van der Waals surface area (Å²) in [6.45, 7) is 0. The molecule has 0 unspecified atom stereocenters. The van der Waals surface area contributed by atoms with E-state index in [0.29, 0.717) is 0 Å². The van der Waals surface area contributed by atoms with Crippen LogP contribution in [0.4, 0.5) is 0 Å². The van der Waals surface area contributed by atoms with Gasteiger partial charge in [0.25, 0.3) is 0 Å². The van der Waals surface area contributed by atoms with Gasteiger partial charge in [-0.2, -0.15) is 4.31 Å². The number of phosphoric acid groups is 2. The van der Waals surface area contributed by atoms with E-state index >= 15 is 0 Å². The molecule has 0 amide bonds. The predicted octanol–water partition coefficient (Wildman–Crippen LogP) is -17.3. The Labute approximate surface area is 202 Å². The van der Waals surface area contributed by atoms with Crippen LogP contribution in [0, 0.1) is 0 Å². The van der Waals surface area contributed by atoms with Crippen molar-refractivity contribution in [3.63, 3.8) is 0 Å². The zero-order chi connectivity index (χ0) is 7.71. The summed E-state index contributed by atoms with van der Waals surface area (Å²) in [5.41, 5.74) is 0. The topological polar surface area (TPSA) is 313 Å². The van der Waals surface area contributed by atoms with Crippen LogP contribution in [0.1, 0.15) is 5.71 Å². The second kappa shape index (κ2) is 33.6. The van der Waals surface area contributed by atoms with Crippen LogP contribution in [-0.2, 0) is 13.4 Å². The Kier molecular flexibility index (Phi) is 137. The zero-order valence-electron chi connectivity index (χ0n) is 14.9. The van der Waals surface area contributed by atoms with Gasteiger partial charge >= 0.3 is 134 Å². The maximum Gasteiger partial charge on any atom is 1.00 e. The van der Waals surface area contributed by atoms with E-state index in [2.05, 4.69) is 4.31 Å². The molecule has 0 radical (unpaired) electrons. The van der Waals surface area contributed by atoms with Crippen LogP contribution in [0.2, 0.25) is 0 Å². The molecule has 0 aliphatic heterocycles. The minimum Gasteiger partial charge on any atom is -1.00 e. The molecule has 13 nitrogen and oxygen atoms in total. The molecule has 0 spiro atoms. The molecule has 0 aromatic rings. The van der Waals surface area contributed by atoms with E-state index in [0.717, 1.165) is 0 Å². The first-order valence-electron chi connectivity index (χ1n) is 1.53. The van der Waals surface area contributed by atoms with Gasteiger partial charge in [-0.1, -0.05) is 0 Å². The van der Waals surface area contributed by atoms with E-state index in [4.69, 9.17) is 19.6 Å². The summed E-state index contributed by atoms with van der Waals surface area (Å²) in [7, 11) is -10.1. The summed E-state index contributed by atoms with van der Waals surface area (Å²) < 4.78 is 22.2. The van der Waals surface area contributed by atoms with E-state index in [1.165, 1.54) is 0 Å². The molecule has 0 heterocycles. The van der Waals surface area contributed by atoms with Crippen molar-refractivity contribution in [1.82, 2.24) is 0 Å². The number of rotatable bonds is 2. The third-order valence-electron chi connectivity index (χ3n) is 0.213. The Bertz CT molecular complexity index is 178. The molecular formula is H20Na4O13P2. The van der Waals surface area contributed by atoms with E-state index in [1.807, 2.05) is 0 Å². The molecule has 19 heteroatoms. The average molecular weight is 382 g/mol. The van der Waals surface area contributed by atoms with Gasteiger partial charge in [-0.3, -0.25) is 0 Å². The molecular weight excluding hydrogens is 362 g/mol. The van der Waals surface area contributed by atoms with Gasteiger partial charge in [0.15, 0.2) is 0 Å². The number of hydrogen-bond donors (Lipinski definition) is 4. The molecule has 112 valence electrons. The van der Waals surface area contributed by atoms with Gasteiger partial charge in [0.2, 0.25) is 0 Å². The first kappa shape index (κ1) is 77.3. The van der Waals surface area contributed by atoms with E-state index in [1.54, 1.807) is 0 Å². The molecule has 0 aromatic heterocycles. The minimum atomic E-state index is -5.05. The van der Waals surface area contributed by atoms with Gasteiger partial charge in [0.1, 0.15) is 0 Å². The molecule has 0 saturated carbocycles. The van der Waals surface area contributed by atoms with Crippen LogP contribution in [0.5, 0.6) is 0 Å². The summed E-state index contributed by atoms with van der Waals surface area (Å²) in [6, 6.07) is 0. The van der Waals surface area contributed by atoms with Crippen LogP contribution >= 0.6 is 15.6 Å². The minimum absolute atomic E-state index is 0. The van der Waals surface area contributed by atoms with Crippen molar-refractivity contribution < 1.29 is 190 Å². The van der Waals surface area contributed by atoms with Gasteiger partial charge in [-0.25, -0.2) is 9.13 Å². The van der Waals surface area contributed by atoms with Crippen molar-refractivity contribution in [2.45, 2.75) is 0 Å². The molecule has 0 aromatic carbocycles. The summed E-state index contributed by atoms with van der Waals surface area (Å²) in [5, 5.41) is 0. The normalized spacial score (nSPS) is 6.53. The van der Waals surface area contributed by atoms with Crippen LogP contribution in [0.25, 0.3) is 0 Å². The second-order valence-electron chi connectivity index (χ2n) is 1.06. The quantitative estimate of drug-likeness (QED) is 0.263. The second-order valence-corrected chi connectivity index (χ2v) is 3.68. The summed E-state index contributed by atoms with van der Waals surface area (Å²) in [5.74, 6) is 0. The predicted molar refractivity (Wildman–Crippen MR) is 51.3 cm³/mol. The van der Waals surface area contributed by atoms with Crippen molar-refractivity contribution in [1.29, 1.82) is 0 Å². The summed E-state index contributed by atoms with van der Waals surface area (Å²) in [6.07, 6.45) is 0. The van der Waals surface area contributed by atoms with Gasteiger partial charge in [0.05, 0.1) is 0 Å². The molecule has 0 saturated heterocycles. The van der Waals surface area contributed by atoms with Crippen molar-refractivity contribution >= 4 is 15.6 Å². The smallest absolute Gasteiger partial charge is 1.00 e. The van der Waals surface area contributed by atoms with Crippen molar-refractivity contribution in [3.8, 4) is 0 Å². The van der Waals surface area contributed by atoms with Gasteiger partial charge in [-0.05, 0) is 0 Å². The largest absolute Gasteiger partial charge is 1.00 e. The molecule has 0 rings (SSSR count). The van der Waals surface area contributed by atoms with Crippen molar-refractivity contribution in [3.05, 3.63) is 0 Å². The van der Waals surface area contributed by atoms with Gasteiger partial charge < -0.3 is 58.1 Å². The molecule has 19 heavy (non-hydrogen) atoms. The maximum absolute atomic E-state index is 9.63. The fourth-order valence-electron chi connectivity index (χ4n) is 0.139. The van der Waals surface area contributed by atoms with Crippen molar-refractivity contribution in [2.75, 3.05) is 0 Å². The van der Waals surface area contributed by atoms with E-state index in [-0.39, 0.29) is 157 Å². The Morgan fingerprint density at radius 1 is 0.579 bits per heavy atom. The fraction of sp³-hybridized carbons (Fsp3) is 0. The Hall–Kier alpha value is 4.02. The molecule has 0 aliphatic carbocycles. The maximum atomic E-state index is 9.63. The van der Waals surface area contributed by atoms with E-state index in [9.17, 15) is 9.13 Å². The van der Waals surface area contributed by atoms with Gasteiger partial charge in [0, 0.05) is 0 Å². The van der Waals surface area contributed by atoms with Crippen LogP contribution < -0.4 is 118 Å². The Morgan fingerprint density at radius 3 is 0.684 bits per heavy atom. The number of hydrogen-bond acceptors (Lipinski definition) is 3. The molecule has 0 bridgehead atoms. The average Bonchev–Trinajstić information content (AvgIpc) is 1.14. The molecule has 0 aliphatic rings. The van der Waals surface area contributed by atoms with Crippen LogP contribution in [0.15, 0.2) is 0 Å². The molecule has 0 fully saturated rings. The van der Waals surface area contributed by atoms with Crippen molar-refractivity contribution in [2.24, 2.45) is 0 Å². The third kappa shape index (κ3) is 87.9.